The molecular formula is C21H26N2O5. The summed E-state index contributed by atoms with van der Waals surface area (Å²) < 4.78 is 21.5. The number of hydrogen-bond acceptors (Lipinski definition) is 5. The second-order valence-electron chi connectivity index (χ2n) is 6.46. The van der Waals surface area contributed by atoms with Gasteiger partial charge >= 0.3 is 6.03 Å². The molecule has 2 aromatic carbocycles. The van der Waals surface area contributed by atoms with Crippen molar-refractivity contribution in [3.05, 3.63) is 47.0 Å². The molecule has 0 saturated heterocycles. The van der Waals surface area contributed by atoms with Gasteiger partial charge in [-0.2, -0.15) is 0 Å². The van der Waals surface area contributed by atoms with Crippen LogP contribution in [0.4, 0.5) is 4.79 Å². The van der Waals surface area contributed by atoms with Crippen molar-refractivity contribution in [1.82, 2.24) is 10.2 Å². The van der Waals surface area contributed by atoms with E-state index in [1.165, 1.54) is 5.56 Å². The van der Waals surface area contributed by atoms with E-state index < -0.39 is 0 Å². The van der Waals surface area contributed by atoms with Crippen molar-refractivity contribution in [2.24, 2.45) is 0 Å². The molecule has 0 fully saturated rings. The minimum atomic E-state index is -0.120. The minimum absolute atomic E-state index is 0.120. The van der Waals surface area contributed by atoms with Crippen LogP contribution in [0.2, 0.25) is 0 Å². The standard InChI is InChI=1S/C21H26N2O5/c1-25-17-7-5-6-15(20(17)28-4)12-22-21(24)23-9-8-14-10-18(26-2)19(27-3)11-16(14)13-23/h5-7,10-11H,8-9,12-13H2,1-4H3,(H,22,24). The maximum atomic E-state index is 12.7. The second-order valence-corrected chi connectivity index (χ2v) is 6.46. The highest BCUT2D eigenvalue weighted by Crippen LogP contribution is 2.33. The van der Waals surface area contributed by atoms with Gasteiger partial charge in [0.1, 0.15) is 0 Å². The van der Waals surface area contributed by atoms with Gasteiger partial charge in [-0.05, 0) is 35.7 Å². The fourth-order valence-electron chi connectivity index (χ4n) is 3.43. The van der Waals surface area contributed by atoms with Gasteiger partial charge in [-0.15, -0.1) is 0 Å². The Morgan fingerprint density at radius 2 is 1.64 bits per heavy atom. The van der Waals surface area contributed by atoms with Gasteiger partial charge in [0.05, 0.1) is 28.4 Å². The van der Waals surface area contributed by atoms with Gasteiger partial charge in [0, 0.05) is 25.2 Å². The summed E-state index contributed by atoms with van der Waals surface area (Å²) in [6, 6.07) is 9.42. The number of carbonyl (C=O) groups is 1. The molecule has 3 rings (SSSR count). The highest BCUT2D eigenvalue weighted by molar-refractivity contribution is 5.75. The van der Waals surface area contributed by atoms with E-state index in [-0.39, 0.29) is 6.03 Å². The average Bonchev–Trinajstić information content (AvgIpc) is 2.75. The lowest BCUT2D eigenvalue weighted by Crippen LogP contribution is -2.42. The quantitative estimate of drug-likeness (QED) is 0.827. The van der Waals surface area contributed by atoms with E-state index in [9.17, 15) is 4.79 Å². The first-order valence-corrected chi connectivity index (χ1v) is 9.07. The van der Waals surface area contributed by atoms with E-state index in [1.807, 2.05) is 30.3 Å². The van der Waals surface area contributed by atoms with Crippen molar-refractivity contribution in [2.75, 3.05) is 35.0 Å². The van der Waals surface area contributed by atoms with Gasteiger partial charge in [0.2, 0.25) is 0 Å². The maximum absolute atomic E-state index is 12.7. The van der Waals surface area contributed by atoms with Crippen LogP contribution in [0.5, 0.6) is 23.0 Å². The molecule has 0 bridgehead atoms. The van der Waals surface area contributed by atoms with Crippen LogP contribution in [0.1, 0.15) is 16.7 Å². The van der Waals surface area contributed by atoms with E-state index in [2.05, 4.69) is 5.32 Å². The van der Waals surface area contributed by atoms with Crippen molar-refractivity contribution in [1.29, 1.82) is 0 Å². The van der Waals surface area contributed by atoms with Gasteiger partial charge in [0.25, 0.3) is 0 Å². The van der Waals surface area contributed by atoms with Gasteiger partial charge in [-0.3, -0.25) is 0 Å². The van der Waals surface area contributed by atoms with E-state index in [0.29, 0.717) is 42.6 Å². The number of ether oxygens (including phenoxy) is 4. The number of nitrogens with zero attached hydrogens (tertiary/aromatic N) is 1. The predicted molar refractivity (Wildman–Crippen MR) is 105 cm³/mol. The smallest absolute Gasteiger partial charge is 0.317 e. The zero-order valence-corrected chi connectivity index (χ0v) is 16.7. The Hall–Kier alpha value is -3.09. The lowest BCUT2D eigenvalue weighted by molar-refractivity contribution is 0.191. The maximum Gasteiger partial charge on any atom is 0.317 e. The van der Waals surface area contributed by atoms with E-state index in [4.69, 9.17) is 18.9 Å². The molecule has 1 aliphatic heterocycles. The number of amides is 2. The summed E-state index contributed by atoms with van der Waals surface area (Å²) >= 11 is 0. The van der Waals surface area contributed by atoms with Crippen LogP contribution in [0, 0.1) is 0 Å². The van der Waals surface area contributed by atoms with Crippen molar-refractivity contribution in [3.63, 3.8) is 0 Å². The molecule has 1 heterocycles. The zero-order chi connectivity index (χ0) is 20.1. The van der Waals surface area contributed by atoms with E-state index in [0.717, 1.165) is 17.5 Å². The van der Waals surface area contributed by atoms with E-state index in [1.54, 1.807) is 33.3 Å². The summed E-state index contributed by atoms with van der Waals surface area (Å²) in [5, 5.41) is 2.97. The van der Waals surface area contributed by atoms with Gasteiger partial charge in [0.15, 0.2) is 23.0 Å². The number of rotatable bonds is 6. The number of methoxy groups -OCH3 is 4. The molecule has 0 aliphatic carbocycles. The second kappa shape index (κ2) is 8.73. The first kappa shape index (κ1) is 19.7. The van der Waals surface area contributed by atoms with Crippen molar-refractivity contribution in [2.45, 2.75) is 19.5 Å². The number of para-hydroxylation sites is 1. The molecule has 1 aliphatic rings. The zero-order valence-electron chi connectivity index (χ0n) is 16.7. The molecular weight excluding hydrogens is 360 g/mol. The number of carbonyl (C=O) groups excluding carboxylic acids is 1. The number of urea groups is 1. The average molecular weight is 386 g/mol. The van der Waals surface area contributed by atoms with Gasteiger partial charge in [-0.1, -0.05) is 12.1 Å². The Bertz CT molecular complexity index is 853. The first-order chi connectivity index (χ1) is 13.6. The summed E-state index contributed by atoms with van der Waals surface area (Å²) in [5.74, 6) is 2.65. The molecule has 2 aromatic rings. The summed E-state index contributed by atoms with van der Waals surface area (Å²) in [4.78, 5) is 14.5. The highest BCUT2D eigenvalue weighted by Gasteiger charge is 2.23. The Morgan fingerprint density at radius 3 is 2.29 bits per heavy atom. The monoisotopic (exact) mass is 386 g/mol. The lowest BCUT2D eigenvalue weighted by Gasteiger charge is -2.29. The molecule has 0 atom stereocenters. The molecule has 2 amide bonds. The van der Waals surface area contributed by atoms with Crippen molar-refractivity contribution in [3.8, 4) is 23.0 Å². The van der Waals surface area contributed by atoms with Crippen molar-refractivity contribution >= 4 is 6.03 Å². The number of fused-ring (bicyclic) bond motifs is 1. The van der Waals surface area contributed by atoms with Crippen LogP contribution >= 0.6 is 0 Å². The summed E-state index contributed by atoms with van der Waals surface area (Å²) in [6.07, 6.45) is 0.769. The number of nitrogens with one attached hydrogen (secondary N) is 1. The Kier molecular flexibility index (Phi) is 6.13. The summed E-state index contributed by atoms with van der Waals surface area (Å²) in [5.41, 5.74) is 3.10. The topological polar surface area (TPSA) is 69.3 Å². The van der Waals surface area contributed by atoms with Crippen LogP contribution in [-0.4, -0.2) is 45.9 Å². The van der Waals surface area contributed by atoms with E-state index >= 15 is 0 Å². The fourth-order valence-corrected chi connectivity index (χ4v) is 3.43. The molecule has 0 saturated carbocycles. The van der Waals surface area contributed by atoms with Crippen LogP contribution in [0.3, 0.4) is 0 Å². The van der Waals surface area contributed by atoms with Crippen LogP contribution < -0.4 is 24.3 Å². The van der Waals surface area contributed by atoms with Crippen molar-refractivity contribution < 1.29 is 23.7 Å². The summed E-state index contributed by atoms with van der Waals surface area (Å²) in [6.45, 7) is 1.52. The molecule has 0 spiro atoms. The minimum Gasteiger partial charge on any atom is -0.493 e. The van der Waals surface area contributed by atoms with Crippen LogP contribution in [0.15, 0.2) is 30.3 Å². The molecule has 28 heavy (non-hydrogen) atoms. The molecule has 150 valence electrons. The third-order valence-electron chi connectivity index (χ3n) is 4.92. The molecule has 0 radical (unpaired) electrons. The molecule has 0 aromatic heterocycles. The van der Waals surface area contributed by atoms with Crippen LogP contribution in [-0.2, 0) is 19.5 Å². The third-order valence-corrected chi connectivity index (χ3v) is 4.92. The molecule has 1 N–H and O–H groups in total. The highest BCUT2D eigenvalue weighted by atomic mass is 16.5. The number of benzene rings is 2. The summed E-state index contributed by atoms with van der Waals surface area (Å²) in [7, 11) is 6.42. The fraction of sp³-hybridized carbons (Fsp3) is 0.381. The first-order valence-electron chi connectivity index (χ1n) is 9.07. The predicted octanol–water partition coefficient (Wildman–Crippen LogP) is 2.99. The number of hydrogen-bond donors (Lipinski definition) is 1. The third kappa shape index (κ3) is 3.93. The Balaban J connectivity index is 1.69. The molecule has 0 unspecified atom stereocenters. The van der Waals surface area contributed by atoms with Gasteiger partial charge < -0.3 is 29.2 Å². The Morgan fingerprint density at radius 1 is 0.964 bits per heavy atom. The SMILES string of the molecule is COc1cc2c(cc1OC)CN(C(=O)NCc1cccc(OC)c1OC)CC2. The normalized spacial score (nSPS) is 12.8. The molecule has 7 heteroatoms. The Labute approximate surface area is 165 Å². The molecule has 7 nitrogen and oxygen atoms in total. The lowest BCUT2D eigenvalue weighted by atomic mass is 9.99. The van der Waals surface area contributed by atoms with Crippen LogP contribution in [0.25, 0.3) is 0 Å². The van der Waals surface area contributed by atoms with Gasteiger partial charge in [-0.25, -0.2) is 4.79 Å². The largest absolute Gasteiger partial charge is 0.493 e.